The van der Waals surface area contributed by atoms with Gasteiger partial charge in [0.05, 0.1) is 6.10 Å². The van der Waals surface area contributed by atoms with Gasteiger partial charge in [-0.2, -0.15) is 0 Å². The summed E-state index contributed by atoms with van der Waals surface area (Å²) in [6.45, 7) is 0.919. The third-order valence-electron chi connectivity index (χ3n) is 2.93. The molecule has 15 heavy (non-hydrogen) atoms. The van der Waals surface area contributed by atoms with Crippen molar-refractivity contribution in [1.29, 1.82) is 0 Å². The molecular weight excluding hydrogens is 186 g/mol. The van der Waals surface area contributed by atoms with Crippen LogP contribution < -0.4 is 5.73 Å². The van der Waals surface area contributed by atoms with Crippen molar-refractivity contribution in [2.75, 3.05) is 6.61 Å². The number of hydrogen-bond acceptors (Lipinski definition) is 2. The summed E-state index contributed by atoms with van der Waals surface area (Å²) >= 11 is 0. The van der Waals surface area contributed by atoms with Crippen LogP contribution in [-0.4, -0.2) is 18.8 Å². The maximum atomic E-state index is 6.11. The van der Waals surface area contributed by atoms with Crippen molar-refractivity contribution in [1.82, 2.24) is 0 Å². The van der Waals surface area contributed by atoms with E-state index in [1.54, 1.807) is 0 Å². The van der Waals surface area contributed by atoms with Crippen LogP contribution in [-0.2, 0) is 11.2 Å². The van der Waals surface area contributed by atoms with E-state index in [2.05, 4.69) is 24.3 Å². The zero-order valence-electron chi connectivity index (χ0n) is 9.06. The van der Waals surface area contributed by atoms with Gasteiger partial charge in [-0.05, 0) is 31.2 Å². The summed E-state index contributed by atoms with van der Waals surface area (Å²) in [5, 5.41) is 0. The number of hydrogen-bond donors (Lipinski definition) is 1. The van der Waals surface area contributed by atoms with Crippen LogP contribution in [0.5, 0.6) is 0 Å². The van der Waals surface area contributed by atoms with Gasteiger partial charge < -0.3 is 10.5 Å². The van der Waals surface area contributed by atoms with Crippen LogP contribution in [0.15, 0.2) is 30.3 Å². The summed E-state index contributed by atoms with van der Waals surface area (Å²) in [5.41, 5.74) is 7.43. The van der Waals surface area contributed by atoms with Gasteiger partial charge in [-0.3, -0.25) is 0 Å². The first kappa shape index (κ1) is 10.7. The molecule has 0 saturated carbocycles. The van der Waals surface area contributed by atoms with Crippen molar-refractivity contribution >= 4 is 0 Å². The molecule has 0 amide bonds. The standard InChI is InChI=1S/C13H19NO/c14-12(10-13-7-4-8-15-13)9-11-5-2-1-3-6-11/h1-3,5-6,12-13H,4,7-10,14H2. The molecule has 0 aromatic heterocycles. The van der Waals surface area contributed by atoms with E-state index in [-0.39, 0.29) is 6.04 Å². The molecule has 1 aliphatic rings. The monoisotopic (exact) mass is 205 g/mol. The van der Waals surface area contributed by atoms with Crippen molar-refractivity contribution in [3.05, 3.63) is 35.9 Å². The van der Waals surface area contributed by atoms with E-state index >= 15 is 0 Å². The fraction of sp³-hybridized carbons (Fsp3) is 0.538. The lowest BCUT2D eigenvalue weighted by Crippen LogP contribution is -2.28. The average Bonchev–Trinajstić information content (AvgIpc) is 2.71. The zero-order valence-corrected chi connectivity index (χ0v) is 9.06. The molecule has 1 saturated heterocycles. The van der Waals surface area contributed by atoms with Gasteiger partial charge in [0, 0.05) is 12.6 Å². The maximum Gasteiger partial charge on any atom is 0.0590 e. The van der Waals surface area contributed by atoms with Crippen LogP contribution in [0.3, 0.4) is 0 Å². The van der Waals surface area contributed by atoms with Crippen molar-refractivity contribution in [2.24, 2.45) is 5.73 Å². The highest BCUT2D eigenvalue weighted by Gasteiger charge is 2.18. The minimum atomic E-state index is 0.232. The molecule has 1 aromatic rings. The van der Waals surface area contributed by atoms with Gasteiger partial charge in [0.25, 0.3) is 0 Å². The molecule has 0 radical (unpaired) electrons. The molecular formula is C13H19NO. The normalized spacial score (nSPS) is 22.9. The van der Waals surface area contributed by atoms with E-state index in [9.17, 15) is 0 Å². The Balaban J connectivity index is 1.79. The minimum absolute atomic E-state index is 0.232. The number of nitrogens with two attached hydrogens (primary N) is 1. The van der Waals surface area contributed by atoms with E-state index in [0.717, 1.165) is 19.4 Å². The Morgan fingerprint density at radius 1 is 1.33 bits per heavy atom. The van der Waals surface area contributed by atoms with Crippen LogP contribution >= 0.6 is 0 Å². The van der Waals surface area contributed by atoms with E-state index in [1.165, 1.54) is 18.4 Å². The molecule has 1 heterocycles. The highest BCUT2D eigenvalue weighted by Crippen LogP contribution is 2.17. The quantitative estimate of drug-likeness (QED) is 0.817. The van der Waals surface area contributed by atoms with Crippen molar-refractivity contribution < 1.29 is 4.74 Å². The number of rotatable bonds is 4. The van der Waals surface area contributed by atoms with Crippen LogP contribution in [0.1, 0.15) is 24.8 Å². The van der Waals surface area contributed by atoms with E-state index in [4.69, 9.17) is 10.5 Å². The lowest BCUT2D eigenvalue weighted by Gasteiger charge is -2.16. The summed E-state index contributed by atoms with van der Waals surface area (Å²) in [5.74, 6) is 0. The van der Waals surface area contributed by atoms with Crippen molar-refractivity contribution in [3.8, 4) is 0 Å². The molecule has 2 rings (SSSR count). The Morgan fingerprint density at radius 3 is 2.80 bits per heavy atom. The molecule has 1 aliphatic heterocycles. The Kier molecular flexibility index (Phi) is 3.75. The highest BCUT2D eigenvalue weighted by atomic mass is 16.5. The molecule has 2 N–H and O–H groups in total. The minimum Gasteiger partial charge on any atom is -0.378 e. The van der Waals surface area contributed by atoms with E-state index < -0.39 is 0 Å². The second-order valence-electron chi connectivity index (χ2n) is 4.32. The molecule has 2 atom stereocenters. The molecule has 1 fully saturated rings. The number of ether oxygens (including phenoxy) is 1. The summed E-state index contributed by atoms with van der Waals surface area (Å²) in [6, 6.07) is 10.7. The molecule has 2 unspecified atom stereocenters. The SMILES string of the molecule is NC(Cc1ccccc1)CC1CCCO1. The molecule has 0 spiro atoms. The van der Waals surface area contributed by atoms with Crippen LogP contribution in [0.2, 0.25) is 0 Å². The summed E-state index contributed by atoms with van der Waals surface area (Å²) in [6.07, 6.45) is 4.74. The second-order valence-corrected chi connectivity index (χ2v) is 4.32. The Hall–Kier alpha value is -0.860. The first-order valence-electron chi connectivity index (χ1n) is 5.75. The van der Waals surface area contributed by atoms with Gasteiger partial charge in [-0.1, -0.05) is 30.3 Å². The molecule has 0 bridgehead atoms. The molecule has 1 aromatic carbocycles. The Bertz CT molecular complexity index is 280. The Morgan fingerprint density at radius 2 is 2.13 bits per heavy atom. The molecule has 2 nitrogen and oxygen atoms in total. The summed E-state index contributed by atoms with van der Waals surface area (Å²) in [7, 11) is 0. The largest absolute Gasteiger partial charge is 0.378 e. The Labute approximate surface area is 91.4 Å². The van der Waals surface area contributed by atoms with Gasteiger partial charge in [-0.25, -0.2) is 0 Å². The molecule has 82 valence electrons. The lowest BCUT2D eigenvalue weighted by atomic mass is 10.0. The second kappa shape index (κ2) is 5.29. The third kappa shape index (κ3) is 3.33. The third-order valence-corrected chi connectivity index (χ3v) is 2.93. The van der Waals surface area contributed by atoms with Crippen LogP contribution in [0.4, 0.5) is 0 Å². The van der Waals surface area contributed by atoms with Gasteiger partial charge in [-0.15, -0.1) is 0 Å². The summed E-state index contributed by atoms with van der Waals surface area (Å²) < 4.78 is 5.58. The molecule has 2 heteroatoms. The zero-order chi connectivity index (χ0) is 10.5. The average molecular weight is 205 g/mol. The lowest BCUT2D eigenvalue weighted by molar-refractivity contribution is 0.0983. The summed E-state index contributed by atoms with van der Waals surface area (Å²) in [4.78, 5) is 0. The van der Waals surface area contributed by atoms with Gasteiger partial charge in [0.2, 0.25) is 0 Å². The van der Waals surface area contributed by atoms with Crippen LogP contribution in [0, 0.1) is 0 Å². The van der Waals surface area contributed by atoms with Crippen molar-refractivity contribution in [2.45, 2.75) is 37.8 Å². The fourth-order valence-corrected chi connectivity index (χ4v) is 2.17. The van der Waals surface area contributed by atoms with Gasteiger partial charge in [0.1, 0.15) is 0 Å². The van der Waals surface area contributed by atoms with E-state index in [0.29, 0.717) is 6.10 Å². The van der Waals surface area contributed by atoms with Gasteiger partial charge in [0.15, 0.2) is 0 Å². The van der Waals surface area contributed by atoms with Gasteiger partial charge >= 0.3 is 0 Å². The highest BCUT2D eigenvalue weighted by molar-refractivity contribution is 5.15. The smallest absolute Gasteiger partial charge is 0.0590 e. The predicted molar refractivity (Wildman–Crippen MR) is 61.7 cm³/mol. The van der Waals surface area contributed by atoms with Crippen LogP contribution in [0.25, 0.3) is 0 Å². The maximum absolute atomic E-state index is 6.11. The first-order chi connectivity index (χ1) is 7.34. The number of benzene rings is 1. The topological polar surface area (TPSA) is 35.2 Å². The fourth-order valence-electron chi connectivity index (χ4n) is 2.17. The molecule has 0 aliphatic carbocycles. The van der Waals surface area contributed by atoms with Crippen molar-refractivity contribution in [3.63, 3.8) is 0 Å². The predicted octanol–water partition coefficient (Wildman–Crippen LogP) is 2.13. The first-order valence-corrected chi connectivity index (χ1v) is 5.75. The van der Waals surface area contributed by atoms with E-state index in [1.807, 2.05) is 6.07 Å².